The van der Waals surface area contributed by atoms with Crippen LogP contribution in [0, 0.1) is 11.3 Å². The maximum atomic E-state index is 12.2. The Kier molecular flexibility index (Phi) is 4.09. The molecule has 1 N–H and O–H groups in total. The molecule has 2 aromatic rings. The first-order chi connectivity index (χ1) is 12.3. The van der Waals surface area contributed by atoms with Crippen LogP contribution in [0.25, 0.3) is 11.0 Å². The van der Waals surface area contributed by atoms with E-state index in [1.807, 2.05) is 30.3 Å². The van der Waals surface area contributed by atoms with E-state index in [-0.39, 0.29) is 24.8 Å². The van der Waals surface area contributed by atoms with E-state index in [2.05, 4.69) is 4.90 Å². The number of likely N-dealkylation sites (tertiary alicyclic amines) is 1. The lowest BCUT2D eigenvalue weighted by molar-refractivity contribution is -0.148. The summed E-state index contributed by atoms with van der Waals surface area (Å²) in [5.74, 6) is -0.322. The van der Waals surface area contributed by atoms with Crippen molar-refractivity contribution >= 4 is 27.0 Å². The number of carboxylic acids is 1. The number of aliphatic carboxylic acids is 1. The molecule has 2 atom stereocenters. The molecule has 1 aromatic heterocycles. The highest BCUT2D eigenvalue weighted by Gasteiger charge is 2.59. The van der Waals surface area contributed by atoms with Crippen LogP contribution in [0.1, 0.15) is 12.7 Å². The van der Waals surface area contributed by atoms with Crippen molar-refractivity contribution in [3.63, 3.8) is 0 Å². The molecule has 2 saturated heterocycles. The van der Waals surface area contributed by atoms with Crippen LogP contribution in [-0.4, -0.2) is 60.6 Å². The molecular weight excluding hydrogens is 356 g/mol. The maximum absolute atomic E-state index is 12.2. The van der Waals surface area contributed by atoms with Crippen molar-refractivity contribution in [1.29, 1.82) is 0 Å². The van der Waals surface area contributed by atoms with Crippen molar-refractivity contribution in [2.45, 2.75) is 13.5 Å². The van der Waals surface area contributed by atoms with E-state index in [4.69, 9.17) is 4.42 Å². The summed E-state index contributed by atoms with van der Waals surface area (Å²) in [5, 5.41) is 10.9. The van der Waals surface area contributed by atoms with Gasteiger partial charge in [-0.25, -0.2) is 12.7 Å². The molecule has 26 heavy (non-hydrogen) atoms. The fourth-order valence-corrected chi connectivity index (χ4v) is 5.47. The van der Waals surface area contributed by atoms with Crippen LogP contribution >= 0.6 is 0 Å². The molecule has 0 spiro atoms. The third kappa shape index (κ3) is 2.72. The number of hydrogen-bond acceptors (Lipinski definition) is 5. The second kappa shape index (κ2) is 6.07. The number of fused-ring (bicyclic) bond motifs is 2. The number of carbonyl (C=O) groups is 1. The Labute approximate surface area is 152 Å². The van der Waals surface area contributed by atoms with Crippen molar-refractivity contribution in [1.82, 2.24) is 9.21 Å². The fourth-order valence-electron chi connectivity index (χ4n) is 4.28. The van der Waals surface area contributed by atoms with Gasteiger partial charge >= 0.3 is 5.97 Å². The molecule has 0 radical (unpaired) electrons. The summed E-state index contributed by atoms with van der Waals surface area (Å²) >= 11 is 0. The topological polar surface area (TPSA) is 91.1 Å². The van der Waals surface area contributed by atoms with Gasteiger partial charge in [0.2, 0.25) is 10.0 Å². The third-order valence-corrected chi connectivity index (χ3v) is 7.48. The van der Waals surface area contributed by atoms with Crippen LogP contribution in [0.3, 0.4) is 0 Å². The van der Waals surface area contributed by atoms with Crippen LogP contribution in [0.15, 0.2) is 34.7 Å². The molecule has 2 fully saturated rings. The molecule has 8 heteroatoms. The molecule has 0 bridgehead atoms. The molecule has 1 aromatic carbocycles. The lowest BCUT2D eigenvalue weighted by atomic mass is 9.81. The fraction of sp³-hybridized carbons (Fsp3) is 0.500. The van der Waals surface area contributed by atoms with Gasteiger partial charge in [-0.15, -0.1) is 0 Å². The van der Waals surface area contributed by atoms with Crippen molar-refractivity contribution < 1.29 is 22.7 Å². The van der Waals surface area contributed by atoms with Gasteiger partial charge in [-0.1, -0.05) is 18.2 Å². The van der Waals surface area contributed by atoms with Crippen LogP contribution in [0.2, 0.25) is 0 Å². The lowest BCUT2D eigenvalue weighted by Crippen LogP contribution is -2.42. The minimum absolute atomic E-state index is 0.00187. The first-order valence-electron chi connectivity index (χ1n) is 8.75. The van der Waals surface area contributed by atoms with E-state index in [1.54, 1.807) is 6.92 Å². The molecule has 2 aliphatic heterocycles. The number of para-hydroxylation sites is 1. The molecule has 0 unspecified atom stereocenters. The number of sulfonamides is 1. The number of rotatable bonds is 5. The molecule has 4 rings (SSSR count). The monoisotopic (exact) mass is 378 g/mol. The Morgan fingerprint density at radius 3 is 2.73 bits per heavy atom. The van der Waals surface area contributed by atoms with Gasteiger partial charge in [-0.3, -0.25) is 9.69 Å². The molecule has 0 amide bonds. The van der Waals surface area contributed by atoms with Gasteiger partial charge in [-0.05, 0) is 19.1 Å². The highest BCUT2D eigenvalue weighted by Crippen LogP contribution is 2.44. The summed E-state index contributed by atoms with van der Waals surface area (Å²) < 4.78 is 31.5. The SMILES string of the molecule is CCS(=O)(=O)N1C[C@H]2CN(Cc3cc4ccccc4o3)C[C@@]2(C(=O)O)C1. The van der Waals surface area contributed by atoms with E-state index >= 15 is 0 Å². The summed E-state index contributed by atoms with van der Waals surface area (Å²) in [6, 6.07) is 9.73. The zero-order valence-electron chi connectivity index (χ0n) is 14.6. The van der Waals surface area contributed by atoms with Gasteiger partial charge in [0.15, 0.2) is 0 Å². The Morgan fingerprint density at radius 1 is 1.31 bits per heavy atom. The normalized spacial score (nSPS) is 27.2. The molecule has 0 aliphatic carbocycles. The average molecular weight is 378 g/mol. The van der Waals surface area contributed by atoms with Gasteiger partial charge in [-0.2, -0.15) is 0 Å². The first-order valence-corrected chi connectivity index (χ1v) is 10.4. The second-order valence-electron chi connectivity index (χ2n) is 7.27. The van der Waals surface area contributed by atoms with Crippen LogP contribution in [-0.2, 0) is 21.4 Å². The predicted octanol–water partition coefficient (Wildman–Crippen LogP) is 1.60. The molecular formula is C18H22N2O5S. The van der Waals surface area contributed by atoms with E-state index in [9.17, 15) is 18.3 Å². The highest BCUT2D eigenvalue weighted by atomic mass is 32.2. The average Bonchev–Trinajstić information content (AvgIpc) is 3.24. The number of furan rings is 1. The van der Waals surface area contributed by atoms with Gasteiger partial charge in [0, 0.05) is 37.5 Å². The summed E-state index contributed by atoms with van der Waals surface area (Å²) in [5.41, 5.74) is -0.219. The highest BCUT2D eigenvalue weighted by molar-refractivity contribution is 7.89. The summed E-state index contributed by atoms with van der Waals surface area (Å²) in [6.07, 6.45) is 0. The molecule has 0 saturated carbocycles. The Bertz CT molecular complexity index is 920. The Hall–Kier alpha value is -1.90. The first kappa shape index (κ1) is 17.5. The van der Waals surface area contributed by atoms with Gasteiger partial charge in [0.05, 0.1) is 17.7 Å². The van der Waals surface area contributed by atoms with Gasteiger partial charge in [0.1, 0.15) is 11.3 Å². The van der Waals surface area contributed by atoms with Crippen molar-refractivity contribution in [2.24, 2.45) is 11.3 Å². The summed E-state index contributed by atoms with van der Waals surface area (Å²) in [6.45, 7) is 3.34. The zero-order valence-corrected chi connectivity index (χ0v) is 15.4. The number of carboxylic acid groups (broad SMARTS) is 1. The van der Waals surface area contributed by atoms with E-state index in [0.717, 1.165) is 16.7 Å². The van der Waals surface area contributed by atoms with E-state index < -0.39 is 21.4 Å². The van der Waals surface area contributed by atoms with Crippen LogP contribution in [0.4, 0.5) is 0 Å². The van der Waals surface area contributed by atoms with Crippen molar-refractivity contribution in [2.75, 3.05) is 31.9 Å². The van der Waals surface area contributed by atoms with Crippen LogP contribution < -0.4 is 0 Å². The Balaban J connectivity index is 1.54. The second-order valence-corrected chi connectivity index (χ2v) is 9.53. The molecule has 7 nitrogen and oxygen atoms in total. The van der Waals surface area contributed by atoms with Gasteiger partial charge in [0.25, 0.3) is 0 Å². The van der Waals surface area contributed by atoms with Crippen molar-refractivity contribution in [3.05, 3.63) is 36.1 Å². The predicted molar refractivity (Wildman–Crippen MR) is 96.1 cm³/mol. The minimum atomic E-state index is -3.37. The van der Waals surface area contributed by atoms with E-state index in [1.165, 1.54) is 4.31 Å². The lowest BCUT2D eigenvalue weighted by Gasteiger charge is -2.24. The van der Waals surface area contributed by atoms with Gasteiger partial charge < -0.3 is 9.52 Å². The number of hydrogen-bond donors (Lipinski definition) is 1. The molecule has 140 valence electrons. The summed E-state index contributed by atoms with van der Waals surface area (Å²) in [4.78, 5) is 14.1. The quantitative estimate of drug-likeness (QED) is 0.850. The summed E-state index contributed by atoms with van der Waals surface area (Å²) in [7, 11) is -3.37. The van der Waals surface area contributed by atoms with E-state index in [0.29, 0.717) is 19.6 Å². The van der Waals surface area contributed by atoms with Crippen molar-refractivity contribution in [3.8, 4) is 0 Å². The molecule has 3 heterocycles. The molecule has 2 aliphatic rings. The smallest absolute Gasteiger partial charge is 0.312 e. The Morgan fingerprint density at radius 2 is 2.08 bits per heavy atom. The van der Waals surface area contributed by atoms with Crippen LogP contribution in [0.5, 0.6) is 0 Å². The zero-order chi connectivity index (χ0) is 18.5. The maximum Gasteiger partial charge on any atom is 0.312 e. The number of benzene rings is 1. The number of nitrogens with zero attached hydrogens (tertiary/aromatic N) is 2. The third-order valence-electron chi connectivity index (χ3n) is 5.69. The largest absolute Gasteiger partial charge is 0.481 e. The standard InChI is InChI=1S/C18H22N2O5S/c1-2-26(23,24)20-9-14-8-19(11-18(14,12-20)17(21)22)10-15-7-13-5-3-4-6-16(13)25-15/h3-7,14H,2,8-12H2,1H3,(H,21,22)/t14-,18-/m1/s1. The minimum Gasteiger partial charge on any atom is -0.481 e.